The Bertz CT molecular complexity index is 1390. The van der Waals surface area contributed by atoms with Gasteiger partial charge >= 0.3 is 6.09 Å². The molecule has 0 aliphatic carbocycles. The number of imide groups is 1. The van der Waals surface area contributed by atoms with Crippen LogP contribution in [-0.2, 0) is 32.5 Å². The predicted octanol–water partition coefficient (Wildman–Crippen LogP) is 3.21. The van der Waals surface area contributed by atoms with Crippen LogP contribution < -0.4 is 10.6 Å². The number of carbonyl (C=O) groups excluding carboxylic acids is 4. The summed E-state index contributed by atoms with van der Waals surface area (Å²) in [6.45, 7) is 6.80. The number of sulfonamides is 1. The number of thiophene rings is 1. The summed E-state index contributed by atoms with van der Waals surface area (Å²) in [6, 6.07) is 5.67. The summed E-state index contributed by atoms with van der Waals surface area (Å²) in [7, 11) is -3.67. The number of nitrogens with zero attached hydrogens (tertiary/aromatic N) is 2. The molecule has 2 aliphatic heterocycles. The molecule has 2 aromatic rings. The van der Waals surface area contributed by atoms with Gasteiger partial charge in [0.25, 0.3) is 11.8 Å². The minimum absolute atomic E-state index is 0.0839. The summed E-state index contributed by atoms with van der Waals surface area (Å²) >= 11 is 1.16. The van der Waals surface area contributed by atoms with Gasteiger partial charge in [-0.3, -0.25) is 19.7 Å². The molecule has 0 bridgehead atoms. The molecular weight excluding hydrogens is 544 g/mol. The fraction of sp³-hybridized carbons (Fsp3) is 0.462. The van der Waals surface area contributed by atoms with E-state index in [0.29, 0.717) is 31.6 Å². The van der Waals surface area contributed by atoms with E-state index in [2.05, 4.69) is 10.6 Å². The molecule has 1 aromatic carbocycles. The van der Waals surface area contributed by atoms with Crippen molar-refractivity contribution >= 4 is 50.2 Å². The lowest BCUT2D eigenvalue weighted by Crippen LogP contribution is -2.39. The third kappa shape index (κ3) is 6.31. The number of nitrogens with one attached hydrogen (secondary N) is 2. The van der Waals surface area contributed by atoms with Crippen LogP contribution in [0.1, 0.15) is 64.8 Å². The van der Waals surface area contributed by atoms with Crippen LogP contribution in [0.3, 0.4) is 0 Å². The average Bonchev–Trinajstić information content (AvgIpc) is 3.25. The molecular formula is C26H32N4O7S2. The standard InChI is InChI=1S/C26H32N4O7S2/c1-4-37-26(34)28-24(33)22-20-11-13-29(17(3)31)15-21(20)38-25(22)27-23(32)18-7-9-19(10-8-18)39(35,36)30-12-5-6-16(2)14-30/h7-10,16H,4-6,11-15H2,1-3H3,(H,27,32)(H,28,33,34). The number of hydrogen-bond acceptors (Lipinski definition) is 8. The molecule has 0 saturated carbocycles. The van der Waals surface area contributed by atoms with Crippen LogP contribution in [0.15, 0.2) is 29.2 Å². The zero-order valence-corrected chi connectivity index (χ0v) is 23.7. The number of piperidine rings is 1. The molecule has 2 aliphatic rings. The minimum atomic E-state index is -3.67. The van der Waals surface area contributed by atoms with Gasteiger partial charge in [0.1, 0.15) is 5.00 Å². The molecule has 0 radical (unpaired) electrons. The van der Waals surface area contributed by atoms with Gasteiger partial charge in [0, 0.05) is 37.0 Å². The van der Waals surface area contributed by atoms with Crippen LogP contribution in [0.2, 0.25) is 0 Å². The second-order valence-electron chi connectivity index (χ2n) is 9.66. The van der Waals surface area contributed by atoms with Crippen LogP contribution in [-0.4, -0.2) is 67.7 Å². The summed E-state index contributed by atoms with van der Waals surface area (Å²) in [5.74, 6) is -1.08. The molecule has 3 heterocycles. The number of benzene rings is 1. The fourth-order valence-electron chi connectivity index (χ4n) is 4.79. The van der Waals surface area contributed by atoms with E-state index in [1.54, 1.807) is 11.8 Å². The van der Waals surface area contributed by atoms with Crippen LogP contribution in [0.25, 0.3) is 0 Å². The van der Waals surface area contributed by atoms with Gasteiger partial charge < -0.3 is 15.0 Å². The molecule has 1 atom stereocenters. The fourth-order valence-corrected chi connectivity index (χ4v) is 7.64. The van der Waals surface area contributed by atoms with Gasteiger partial charge in [-0.25, -0.2) is 13.2 Å². The summed E-state index contributed by atoms with van der Waals surface area (Å²) in [5.41, 5.74) is 1.01. The van der Waals surface area contributed by atoms with Crippen molar-refractivity contribution in [2.24, 2.45) is 5.92 Å². The Balaban J connectivity index is 1.57. The molecule has 1 aromatic heterocycles. The lowest BCUT2D eigenvalue weighted by atomic mass is 10.0. The van der Waals surface area contributed by atoms with Crippen LogP contribution >= 0.6 is 11.3 Å². The van der Waals surface area contributed by atoms with Crippen LogP contribution in [0.5, 0.6) is 0 Å². The number of anilines is 1. The highest BCUT2D eigenvalue weighted by molar-refractivity contribution is 7.89. The van der Waals surface area contributed by atoms with E-state index in [9.17, 15) is 27.6 Å². The van der Waals surface area contributed by atoms with Crippen molar-refractivity contribution < 1.29 is 32.3 Å². The van der Waals surface area contributed by atoms with Crippen molar-refractivity contribution in [1.82, 2.24) is 14.5 Å². The van der Waals surface area contributed by atoms with E-state index >= 15 is 0 Å². The van der Waals surface area contributed by atoms with E-state index < -0.39 is 27.9 Å². The van der Waals surface area contributed by atoms with Gasteiger partial charge in [0.05, 0.1) is 23.6 Å². The highest BCUT2D eigenvalue weighted by Crippen LogP contribution is 2.37. The maximum absolute atomic E-state index is 13.2. The molecule has 39 heavy (non-hydrogen) atoms. The number of amides is 4. The van der Waals surface area contributed by atoms with Gasteiger partial charge in [-0.1, -0.05) is 6.92 Å². The first-order valence-corrected chi connectivity index (χ1v) is 15.1. The molecule has 1 saturated heterocycles. The highest BCUT2D eigenvalue weighted by atomic mass is 32.2. The molecule has 11 nitrogen and oxygen atoms in total. The lowest BCUT2D eigenvalue weighted by molar-refractivity contribution is -0.129. The maximum Gasteiger partial charge on any atom is 0.414 e. The Morgan fingerprint density at radius 3 is 2.46 bits per heavy atom. The summed E-state index contributed by atoms with van der Waals surface area (Å²) in [4.78, 5) is 52.5. The van der Waals surface area contributed by atoms with E-state index in [0.717, 1.165) is 29.1 Å². The average molecular weight is 577 g/mol. The predicted molar refractivity (Wildman–Crippen MR) is 145 cm³/mol. The van der Waals surface area contributed by atoms with Crippen molar-refractivity contribution in [3.8, 4) is 0 Å². The monoisotopic (exact) mass is 576 g/mol. The second kappa shape index (κ2) is 11.8. The normalized spacial score (nSPS) is 17.7. The molecule has 4 amide bonds. The largest absolute Gasteiger partial charge is 0.450 e. The Morgan fingerprint density at radius 2 is 1.82 bits per heavy atom. The summed E-state index contributed by atoms with van der Waals surface area (Å²) in [5, 5.41) is 5.16. The summed E-state index contributed by atoms with van der Waals surface area (Å²) < 4.78 is 32.4. The number of alkyl carbamates (subject to hydrolysis) is 1. The highest BCUT2D eigenvalue weighted by Gasteiger charge is 2.31. The van der Waals surface area contributed by atoms with Gasteiger partial charge in [-0.05, 0) is 61.9 Å². The van der Waals surface area contributed by atoms with Gasteiger partial charge in [-0.2, -0.15) is 4.31 Å². The molecule has 2 N–H and O–H groups in total. The molecule has 210 valence electrons. The third-order valence-corrected chi connectivity index (χ3v) is 9.83. The Kier molecular flexibility index (Phi) is 8.72. The molecule has 4 rings (SSSR count). The molecule has 13 heteroatoms. The van der Waals surface area contributed by atoms with Crippen LogP contribution in [0.4, 0.5) is 9.80 Å². The first-order valence-electron chi connectivity index (χ1n) is 12.8. The summed E-state index contributed by atoms with van der Waals surface area (Å²) in [6.07, 6.45) is 1.28. The van der Waals surface area contributed by atoms with Crippen molar-refractivity contribution in [2.45, 2.75) is 51.5 Å². The van der Waals surface area contributed by atoms with E-state index in [1.165, 1.54) is 35.5 Å². The van der Waals surface area contributed by atoms with Crippen LogP contribution in [0, 0.1) is 5.92 Å². The van der Waals surface area contributed by atoms with Crippen molar-refractivity contribution in [1.29, 1.82) is 0 Å². The topological polar surface area (TPSA) is 142 Å². The van der Waals surface area contributed by atoms with Gasteiger partial charge in [0.2, 0.25) is 15.9 Å². The Hall–Kier alpha value is -3.29. The number of rotatable bonds is 6. The van der Waals surface area contributed by atoms with Gasteiger partial charge in [0.15, 0.2) is 0 Å². The van der Waals surface area contributed by atoms with Crippen molar-refractivity contribution in [3.05, 3.63) is 45.8 Å². The van der Waals surface area contributed by atoms with E-state index in [4.69, 9.17) is 4.74 Å². The Morgan fingerprint density at radius 1 is 1.10 bits per heavy atom. The zero-order valence-electron chi connectivity index (χ0n) is 22.1. The number of ether oxygens (including phenoxy) is 1. The smallest absolute Gasteiger partial charge is 0.414 e. The lowest BCUT2D eigenvalue weighted by Gasteiger charge is -2.30. The number of fused-ring (bicyclic) bond motifs is 1. The molecule has 1 fully saturated rings. The number of hydrogen-bond donors (Lipinski definition) is 2. The zero-order chi connectivity index (χ0) is 28.3. The molecule has 0 spiro atoms. The number of carbonyl (C=O) groups is 4. The SMILES string of the molecule is CCOC(=O)NC(=O)c1c(NC(=O)c2ccc(S(=O)(=O)N3CCCC(C)C3)cc2)sc2c1CCN(C(C)=O)C2. The van der Waals surface area contributed by atoms with Gasteiger partial charge in [-0.15, -0.1) is 11.3 Å². The van der Waals surface area contributed by atoms with Crippen molar-refractivity contribution in [2.75, 3.05) is 31.6 Å². The minimum Gasteiger partial charge on any atom is -0.450 e. The first kappa shape index (κ1) is 28.7. The molecule has 1 unspecified atom stereocenters. The van der Waals surface area contributed by atoms with Crippen molar-refractivity contribution in [3.63, 3.8) is 0 Å². The first-order chi connectivity index (χ1) is 18.5. The third-order valence-electron chi connectivity index (χ3n) is 6.82. The Labute approximate surface area is 231 Å². The van der Waals surface area contributed by atoms with E-state index in [-0.39, 0.29) is 46.0 Å². The second-order valence-corrected chi connectivity index (χ2v) is 12.7. The quantitative estimate of drug-likeness (QED) is 0.538. The maximum atomic E-state index is 13.2. The van der Waals surface area contributed by atoms with E-state index in [1.807, 2.05) is 6.92 Å².